The summed E-state index contributed by atoms with van der Waals surface area (Å²) in [5, 5.41) is 11.6. The predicted molar refractivity (Wildman–Crippen MR) is 85.6 cm³/mol. The molecule has 0 saturated carbocycles. The van der Waals surface area contributed by atoms with Gasteiger partial charge in [0.1, 0.15) is 12.4 Å². The molecule has 1 aliphatic heterocycles. The van der Waals surface area contributed by atoms with Gasteiger partial charge < -0.3 is 15.3 Å². The first kappa shape index (κ1) is 18.1. The van der Waals surface area contributed by atoms with Gasteiger partial charge in [0.15, 0.2) is 0 Å². The zero-order valence-corrected chi connectivity index (χ0v) is 13.6. The topological polar surface area (TPSA) is 91.2 Å². The van der Waals surface area contributed by atoms with Gasteiger partial charge in [0.05, 0.1) is 11.3 Å². The molecule has 0 radical (unpaired) electrons. The van der Waals surface area contributed by atoms with Gasteiger partial charge in [-0.1, -0.05) is 0 Å². The van der Waals surface area contributed by atoms with Gasteiger partial charge >= 0.3 is 6.18 Å². The van der Waals surface area contributed by atoms with Gasteiger partial charge in [0, 0.05) is 31.4 Å². The van der Waals surface area contributed by atoms with E-state index in [-0.39, 0.29) is 23.6 Å². The third-order valence-electron chi connectivity index (χ3n) is 4.10. The van der Waals surface area contributed by atoms with Crippen LogP contribution < -0.4 is 5.32 Å². The summed E-state index contributed by atoms with van der Waals surface area (Å²) in [7, 11) is 0. The number of pyridine rings is 1. The Kier molecular flexibility index (Phi) is 5.03. The first-order valence-electron chi connectivity index (χ1n) is 7.88. The average Bonchev–Trinajstić information content (AvgIpc) is 3.11. The highest BCUT2D eigenvalue weighted by atomic mass is 19.4. The van der Waals surface area contributed by atoms with Crippen LogP contribution in [0.4, 0.5) is 24.9 Å². The minimum Gasteiger partial charge on any atom is -0.387 e. The second-order valence-corrected chi connectivity index (χ2v) is 5.84. The zero-order chi connectivity index (χ0) is 18.7. The van der Waals surface area contributed by atoms with Crippen molar-refractivity contribution >= 4 is 17.7 Å². The second-order valence-electron chi connectivity index (χ2n) is 5.84. The van der Waals surface area contributed by atoms with E-state index in [4.69, 9.17) is 5.11 Å². The lowest BCUT2D eigenvalue weighted by Gasteiger charge is -2.15. The predicted octanol–water partition coefficient (Wildman–Crippen LogP) is 1.94. The molecule has 0 aromatic carbocycles. The number of carbonyl (C=O) groups excluding carboxylic acids is 1. The number of aliphatic hydroxyl groups excluding tert-OH is 1. The van der Waals surface area contributed by atoms with Crippen LogP contribution in [-0.4, -0.2) is 50.6 Å². The van der Waals surface area contributed by atoms with Crippen molar-refractivity contribution in [1.29, 1.82) is 0 Å². The molecule has 1 saturated heterocycles. The monoisotopic (exact) mass is 367 g/mol. The van der Waals surface area contributed by atoms with E-state index in [2.05, 4.69) is 20.3 Å². The van der Waals surface area contributed by atoms with Gasteiger partial charge in [-0.05, 0) is 24.6 Å². The number of rotatable bonds is 4. The number of nitrogens with one attached hydrogen (secondary N) is 1. The minimum absolute atomic E-state index is 0.0134. The van der Waals surface area contributed by atoms with E-state index in [1.54, 1.807) is 11.0 Å². The van der Waals surface area contributed by atoms with Crippen LogP contribution in [0.5, 0.6) is 0 Å². The van der Waals surface area contributed by atoms with E-state index in [0.29, 0.717) is 25.2 Å². The van der Waals surface area contributed by atoms with Crippen molar-refractivity contribution in [1.82, 2.24) is 19.9 Å². The molecule has 7 nitrogen and oxygen atoms in total. The third-order valence-corrected chi connectivity index (χ3v) is 4.10. The summed E-state index contributed by atoms with van der Waals surface area (Å²) in [6, 6.07) is 3.46. The van der Waals surface area contributed by atoms with Gasteiger partial charge in [-0.15, -0.1) is 0 Å². The number of aliphatic hydroxyl groups is 1. The summed E-state index contributed by atoms with van der Waals surface area (Å²) in [5.74, 6) is -0.252. The molecule has 1 unspecified atom stereocenters. The number of hydrogen-bond acceptors (Lipinski definition) is 6. The number of nitrogens with zero attached hydrogens (tertiary/aromatic N) is 4. The SMILES string of the molecule is O=C(CO)N1CCC(c2ccnc(Nc3cc(C(F)(F)F)ccn3)n2)C1. The fraction of sp³-hybridized carbons (Fsp3) is 0.375. The Labute approximate surface area is 146 Å². The molecule has 26 heavy (non-hydrogen) atoms. The first-order chi connectivity index (χ1) is 12.4. The molecule has 3 heterocycles. The maximum atomic E-state index is 12.8. The van der Waals surface area contributed by atoms with Gasteiger partial charge in [-0.2, -0.15) is 13.2 Å². The van der Waals surface area contributed by atoms with Gasteiger partial charge in [-0.3, -0.25) is 4.79 Å². The van der Waals surface area contributed by atoms with Crippen molar-refractivity contribution < 1.29 is 23.1 Å². The molecule has 1 fully saturated rings. The van der Waals surface area contributed by atoms with Crippen LogP contribution in [0.3, 0.4) is 0 Å². The molecule has 2 aromatic heterocycles. The first-order valence-corrected chi connectivity index (χ1v) is 7.88. The summed E-state index contributed by atoms with van der Waals surface area (Å²) in [4.78, 5) is 25.3. The molecule has 2 N–H and O–H groups in total. The van der Waals surface area contributed by atoms with E-state index >= 15 is 0 Å². The molecular weight excluding hydrogens is 351 g/mol. The highest BCUT2D eigenvalue weighted by molar-refractivity contribution is 5.77. The summed E-state index contributed by atoms with van der Waals surface area (Å²) >= 11 is 0. The van der Waals surface area contributed by atoms with E-state index in [1.165, 1.54) is 6.20 Å². The number of amides is 1. The quantitative estimate of drug-likeness (QED) is 0.858. The Morgan fingerprint density at radius 2 is 2.08 bits per heavy atom. The molecule has 1 amide bonds. The lowest BCUT2D eigenvalue weighted by molar-refractivity contribution is -0.137. The number of carbonyl (C=O) groups is 1. The molecule has 1 atom stereocenters. The van der Waals surface area contributed by atoms with Gasteiger partial charge in [0.2, 0.25) is 11.9 Å². The molecule has 1 aliphatic rings. The Balaban J connectivity index is 1.74. The number of hydrogen-bond donors (Lipinski definition) is 2. The zero-order valence-electron chi connectivity index (χ0n) is 13.6. The minimum atomic E-state index is -4.46. The molecule has 2 aromatic rings. The number of aromatic nitrogens is 3. The number of halogens is 3. The van der Waals surface area contributed by atoms with Crippen molar-refractivity contribution in [2.45, 2.75) is 18.5 Å². The number of anilines is 2. The van der Waals surface area contributed by atoms with Gasteiger partial charge in [0.25, 0.3) is 0 Å². The van der Waals surface area contributed by atoms with Crippen LogP contribution in [0.25, 0.3) is 0 Å². The lowest BCUT2D eigenvalue weighted by Crippen LogP contribution is -2.30. The Morgan fingerprint density at radius 1 is 1.31 bits per heavy atom. The van der Waals surface area contributed by atoms with Crippen LogP contribution in [0.2, 0.25) is 0 Å². The summed E-state index contributed by atoms with van der Waals surface area (Å²) < 4.78 is 38.3. The van der Waals surface area contributed by atoms with Crippen LogP contribution >= 0.6 is 0 Å². The van der Waals surface area contributed by atoms with Crippen molar-refractivity contribution in [2.75, 3.05) is 25.0 Å². The summed E-state index contributed by atoms with van der Waals surface area (Å²) in [5.41, 5.74) is -0.150. The van der Waals surface area contributed by atoms with Crippen LogP contribution in [0.15, 0.2) is 30.6 Å². The van der Waals surface area contributed by atoms with Gasteiger partial charge in [-0.25, -0.2) is 15.0 Å². The van der Waals surface area contributed by atoms with E-state index in [1.807, 2.05) is 0 Å². The molecule has 10 heteroatoms. The number of alkyl halides is 3. The maximum absolute atomic E-state index is 12.8. The van der Waals surface area contributed by atoms with E-state index in [0.717, 1.165) is 18.3 Å². The molecule has 3 rings (SSSR count). The number of likely N-dealkylation sites (tertiary alicyclic amines) is 1. The molecule has 0 bridgehead atoms. The van der Waals surface area contributed by atoms with Crippen LogP contribution in [0, 0.1) is 0 Å². The standard InChI is InChI=1S/C16H16F3N5O2/c17-16(18,19)11-1-4-20-13(7-11)23-15-21-5-2-12(22-15)10-3-6-24(8-10)14(26)9-25/h1-2,4-5,7,10,25H,3,6,8-9H2,(H,20,21,22,23). The molecule has 0 aliphatic carbocycles. The second kappa shape index (κ2) is 7.24. The van der Waals surface area contributed by atoms with Crippen molar-refractivity contribution in [3.8, 4) is 0 Å². The third kappa shape index (κ3) is 4.07. The summed E-state index contributed by atoms with van der Waals surface area (Å²) in [6.07, 6.45) is -1.22. The highest BCUT2D eigenvalue weighted by Crippen LogP contribution is 2.30. The van der Waals surface area contributed by atoms with Crippen LogP contribution in [-0.2, 0) is 11.0 Å². The molecular formula is C16H16F3N5O2. The fourth-order valence-electron chi connectivity index (χ4n) is 2.78. The summed E-state index contributed by atoms with van der Waals surface area (Å²) in [6.45, 7) is 0.411. The van der Waals surface area contributed by atoms with Crippen molar-refractivity contribution in [2.24, 2.45) is 0 Å². The van der Waals surface area contributed by atoms with Crippen molar-refractivity contribution in [3.63, 3.8) is 0 Å². The van der Waals surface area contributed by atoms with Crippen LogP contribution in [0.1, 0.15) is 23.6 Å². The average molecular weight is 367 g/mol. The lowest BCUT2D eigenvalue weighted by atomic mass is 10.1. The Hall–Kier alpha value is -2.75. The Bertz CT molecular complexity index is 799. The maximum Gasteiger partial charge on any atom is 0.416 e. The van der Waals surface area contributed by atoms with E-state index in [9.17, 15) is 18.0 Å². The molecule has 0 spiro atoms. The highest BCUT2D eigenvalue weighted by Gasteiger charge is 2.31. The van der Waals surface area contributed by atoms with E-state index < -0.39 is 18.3 Å². The normalized spacial score (nSPS) is 17.4. The molecule has 138 valence electrons. The van der Waals surface area contributed by atoms with Crippen molar-refractivity contribution in [3.05, 3.63) is 41.9 Å². The largest absolute Gasteiger partial charge is 0.416 e. The fourth-order valence-corrected chi connectivity index (χ4v) is 2.78. The smallest absolute Gasteiger partial charge is 0.387 e. The Morgan fingerprint density at radius 3 is 2.81 bits per heavy atom.